The predicted molar refractivity (Wildman–Crippen MR) is 77.9 cm³/mol. The van der Waals surface area contributed by atoms with E-state index in [4.69, 9.17) is 17.3 Å². The fraction of sp³-hybridized carbons (Fsp3) is 0.200. The Morgan fingerprint density at radius 2 is 1.95 bits per heavy atom. The fourth-order valence-corrected chi connectivity index (χ4v) is 2.14. The van der Waals surface area contributed by atoms with E-state index < -0.39 is 0 Å². The van der Waals surface area contributed by atoms with Crippen LogP contribution in [0.15, 0.2) is 42.5 Å². The molecule has 0 aliphatic rings. The molecular weight excluding hydrogens is 263 g/mol. The lowest BCUT2D eigenvalue weighted by Gasteiger charge is -2.21. The molecule has 0 heterocycles. The van der Waals surface area contributed by atoms with Crippen molar-refractivity contribution in [1.82, 2.24) is 0 Å². The molecule has 0 atom stereocenters. The molecule has 0 fully saturated rings. The minimum Gasteiger partial charge on any atom is -0.370 e. The van der Waals surface area contributed by atoms with Crippen LogP contribution in [0.25, 0.3) is 0 Å². The quantitative estimate of drug-likeness (QED) is 0.926. The van der Waals surface area contributed by atoms with Crippen molar-refractivity contribution in [2.24, 2.45) is 5.73 Å². The highest BCUT2D eigenvalue weighted by molar-refractivity contribution is 6.31. The molecule has 2 aromatic rings. The summed E-state index contributed by atoms with van der Waals surface area (Å²) in [6.45, 7) is 0.942. The van der Waals surface area contributed by atoms with Gasteiger partial charge in [-0.2, -0.15) is 0 Å². The third-order valence-electron chi connectivity index (χ3n) is 2.98. The molecule has 0 unspecified atom stereocenters. The second kappa shape index (κ2) is 6.04. The molecule has 2 aromatic carbocycles. The van der Waals surface area contributed by atoms with Crippen LogP contribution in [0.2, 0.25) is 5.02 Å². The second-order valence-electron chi connectivity index (χ2n) is 4.47. The molecule has 0 amide bonds. The minimum atomic E-state index is -0.274. The second-order valence-corrected chi connectivity index (χ2v) is 4.88. The van der Waals surface area contributed by atoms with E-state index in [1.54, 1.807) is 0 Å². The summed E-state index contributed by atoms with van der Waals surface area (Å²) in [6.07, 6.45) is 0. The van der Waals surface area contributed by atoms with Crippen molar-refractivity contribution in [2.45, 2.75) is 13.1 Å². The lowest BCUT2D eigenvalue weighted by Crippen LogP contribution is -2.17. The molecule has 0 aliphatic carbocycles. The number of hydrogen-bond donors (Lipinski definition) is 1. The Kier molecular flexibility index (Phi) is 4.40. The smallest absolute Gasteiger partial charge is 0.125 e. The van der Waals surface area contributed by atoms with Gasteiger partial charge in [0.05, 0.1) is 0 Å². The third kappa shape index (κ3) is 3.46. The summed E-state index contributed by atoms with van der Waals surface area (Å²) in [4.78, 5) is 1.95. The molecule has 0 saturated heterocycles. The Balaban J connectivity index is 2.22. The van der Waals surface area contributed by atoms with Crippen molar-refractivity contribution in [2.75, 3.05) is 11.9 Å². The van der Waals surface area contributed by atoms with Crippen molar-refractivity contribution >= 4 is 17.3 Å². The summed E-state index contributed by atoms with van der Waals surface area (Å²) >= 11 is 6.12. The van der Waals surface area contributed by atoms with Crippen LogP contribution < -0.4 is 10.6 Å². The molecule has 19 heavy (non-hydrogen) atoms. The third-order valence-corrected chi connectivity index (χ3v) is 3.35. The number of hydrogen-bond acceptors (Lipinski definition) is 2. The zero-order valence-corrected chi connectivity index (χ0v) is 11.5. The molecule has 0 aromatic heterocycles. The van der Waals surface area contributed by atoms with E-state index >= 15 is 0 Å². The lowest BCUT2D eigenvalue weighted by molar-refractivity contribution is 0.624. The molecular formula is C15H16ClFN2. The highest BCUT2D eigenvalue weighted by Gasteiger charge is 2.07. The molecule has 0 spiro atoms. The first-order valence-electron chi connectivity index (χ1n) is 6.04. The topological polar surface area (TPSA) is 29.3 Å². The minimum absolute atomic E-state index is 0.274. The van der Waals surface area contributed by atoms with Crippen molar-refractivity contribution in [3.05, 3.63) is 64.4 Å². The normalized spacial score (nSPS) is 10.5. The fourth-order valence-electron chi connectivity index (χ4n) is 1.94. The van der Waals surface area contributed by atoms with E-state index in [1.165, 1.54) is 12.1 Å². The van der Waals surface area contributed by atoms with Crippen LogP contribution in [-0.4, -0.2) is 7.05 Å². The maximum absolute atomic E-state index is 13.5. The van der Waals surface area contributed by atoms with Crippen molar-refractivity contribution < 1.29 is 4.39 Å². The Morgan fingerprint density at radius 1 is 1.21 bits per heavy atom. The number of rotatable bonds is 4. The van der Waals surface area contributed by atoms with Gasteiger partial charge >= 0.3 is 0 Å². The van der Waals surface area contributed by atoms with Gasteiger partial charge in [-0.1, -0.05) is 29.8 Å². The predicted octanol–water partition coefficient (Wildman–Crippen LogP) is 3.57. The van der Waals surface area contributed by atoms with Gasteiger partial charge in [-0.25, -0.2) is 4.39 Å². The summed E-state index contributed by atoms with van der Waals surface area (Å²) in [5.41, 5.74) is 8.13. The highest BCUT2D eigenvalue weighted by atomic mass is 35.5. The van der Waals surface area contributed by atoms with Crippen LogP contribution >= 0.6 is 11.6 Å². The van der Waals surface area contributed by atoms with E-state index in [2.05, 4.69) is 0 Å². The number of nitrogens with two attached hydrogens (primary N) is 1. The average Bonchev–Trinajstić information content (AvgIpc) is 2.40. The summed E-state index contributed by atoms with van der Waals surface area (Å²) < 4.78 is 13.5. The van der Waals surface area contributed by atoms with Crippen LogP contribution in [-0.2, 0) is 13.1 Å². The number of halogens is 2. The van der Waals surface area contributed by atoms with E-state index in [0.29, 0.717) is 18.1 Å². The zero-order valence-electron chi connectivity index (χ0n) is 10.7. The van der Waals surface area contributed by atoms with Gasteiger partial charge in [-0.05, 0) is 35.4 Å². The molecule has 2 nitrogen and oxygen atoms in total. The zero-order chi connectivity index (χ0) is 13.8. The highest BCUT2D eigenvalue weighted by Crippen LogP contribution is 2.22. The van der Waals surface area contributed by atoms with Crippen LogP contribution in [0, 0.1) is 5.82 Å². The lowest BCUT2D eigenvalue weighted by atomic mass is 10.1. The molecule has 2 N–H and O–H groups in total. The largest absolute Gasteiger partial charge is 0.370 e. The molecule has 0 aliphatic heterocycles. The molecule has 100 valence electrons. The van der Waals surface area contributed by atoms with Gasteiger partial charge in [0.25, 0.3) is 0 Å². The molecule has 2 rings (SSSR count). The standard InChI is InChI=1S/C15H16ClFN2/c1-19(10-12-4-2-3-5-15(12)16)14-7-11(9-18)6-13(17)8-14/h2-8H,9-10,18H2,1H3. The van der Waals surface area contributed by atoms with Gasteiger partial charge < -0.3 is 10.6 Å². The summed E-state index contributed by atoms with van der Waals surface area (Å²) in [6, 6.07) is 12.5. The Hall–Kier alpha value is -1.58. The summed E-state index contributed by atoms with van der Waals surface area (Å²) in [7, 11) is 1.90. The van der Waals surface area contributed by atoms with Crippen LogP contribution in [0.5, 0.6) is 0 Å². The summed E-state index contributed by atoms with van der Waals surface area (Å²) in [5.74, 6) is -0.274. The Bertz CT molecular complexity index is 572. The van der Waals surface area contributed by atoms with Crippen LogP contribution in [0.1, 0.15) is 11.1 Å². The van der Waals surface area contributed by atoms with E-state index in [1.807, 2.05) is 42.3 Å². The Morgan fingerprint density at radius 3 is 2.63 bits per heavy atom. The van der Waals surface area contributed by atoms with Gasteiger partial charge in [-0.15, -0.1) is 0 Å². The van der Waals surface area contributed by atoms with Crippen LogP contribution in [0.4, 0.5) is 10.1 Å². The van der Waals surface area contributed by atoms with Crippen molar-refractivity contribution in [3.63, 3.8) is 0 Å². The average molecular weight is 279 g/mol. The number of benzene rings is 2. The molecule has 0 bridgehead atoms. The van der Waals surface area contributed by atoms with Gasteiger partial charge in [0.1, 0.15) is 5.82 Å². The van der Waals surface area contributed by atoms with E-state index in [0.717, 1.165) is 16.8 Å². The van der Waals surface area contributed by atoms with Crippen molar-refractivity contribution in [1.29, 1.82) is 0 Å². The van der Waals surface area contributed by atoms with Crippen LogP contribution in [0.3, 0.4) is 0 Å². The first kappa shape index (κ1) is 13.8. The van der Waals surface area contributed by atoms with E-state index in [9.17, 15) is 4.39 Å². The molecule has 4 heteroatoms. The van der Waals surface area contributed by atoms with E-state index in [-0.39, 0.29) is 5.82 Å². The summed E-state index contributed by atoms with van der Waals surface area (Å²) in [5, 5.41) is 0.713. The maximum Gasteiger partial charge on any atom is 0.125 e. The van der Waals surface area contributed by atoms with Gasteiger partial charge in [-0.3, -0.25) is 0 Å². The first-order chi connectivity index (χ1) is 9.10. The molecule has 0 saturated carbocycles. The Labute approximate surface area is 117 Å². The van der Waals surface area contributed by atoms with Gasteiger partial charge in [0, 0.05) is 30.8 Å². The van der Waals surface area contributed by atoms with Crippen molar-refractivity contribution in [3.8, 4) is 0 Å². The number of nitrogens with zero attached hydrogens (tertiary/aromatic N) is 1. The van der Waals surface area contributed by atoms with Gasteiger partial charge in [0.2, 0.25) is 0 Å². The maximum atomic E-state index is 13.5. The van der Waals surface area contributed by atoms with Gasteiger partial charge in [0.15, 0.2) is 0 Å². The number of anilines is 1. The SMILES string of the molecule is CN(Cc1ccccc1Cl)c1cc(F)cc(CN)c1. The monoisotopic (exact) mass is 278 g/mol. The first-order valence-corrected chi connectivity index (χ1v) is 6.42. The molecule has 0 radical (unpaired) electrons.